The fourth-order valence-electron chi connectivity index (χ4n) is 5.10. The molecule has 0 bridgehead atoms. The SMILES string of the molecule is N#Cc1cnn2c1-c1cc(C(=O)N/C=C/[C@@H](Cc3cc(F)cc(F)c3)CN3C(=O)c4ccccc4C3=O)sc1OCC2. The molecule has 2 aromatic heterocycles. The Labute approximate surface area is 242 Å². The summed E-state index contributed by atoms with van der Waals surface area (Å²) in [6.07, 6.45) is 4.54. The molecule has 0 fully saturated rings. The molecule has 2 aromatic carbocycles. The minimum atomic E-state index is -0.748. The molecule has 210 valence electrons. The van der Waals surface area contributed by atoms with Crippen LogP contribution in [0.3, 0.4) is 0 Å². The number of ether oxygens (including phenoxy) is 1. The van der Waals surface area contributed by atoms with Crippen molar-refractivity contribution in [3.63, 3.8) is 0 Å². The number of fused-ring (bicyclic) bond motifs is 4. The number of carbonyl (C=O) groups is 3. The molecule has 1 N–H and O–H groups in total. The fourth-order valence-corrected chi connectivity index (χ4v) is 6.04. The lowest BCUT2D eigenvalue weighted by atomic mass is 9.98. The summed E-state index contributed by atoms with van der Waals surface area (Å²) in [6, 6.07) is 13.4. The summed E-state index contributed by atoms with van der Waals surface area (Å²) in [4.78, 5) is 40.4. The molecule has 2 aliphatic rings. The van der Waals surface area contributed by atoms with Gasteiger partial charge in [-0.3, -0.25) is 24.0 Å². The van der Waals surface area contributed by atoms with Crippen LogP contribution < -0.4 is 10.1 Å². The molecular formula is C30H21F2N5O4S. The van der Waals surface area contributed by atoms with Gasteiger partial charge >= 0.3 is 0 Å². The number of hydrogen-bond acceptors (Lipinski definition) is 7. The predicted octanol–water partition coefficient (Wildman–Crippen LogP) is 4.55. The van der Waals surface area contributed by atoms with Crippen molar-refractivity contribution in [2.75, 3.05) is 13.2 Å². The quantitative estimate of drug-likeness (QED) is 0.318. The minimum Gasteiger partial charge on any atom is -0.481 e. The summed E-state index contributed by atoms with van der Waals surface area (Å²) >= 11 is 1.13. The van der Waals surface area contributed by atoms with E-state index in [9.17, 15) is 28.4 Å². The Morgan fingerprint density at radius 1 is 1.12 bits per heavy atom. The second-order valence-electron chi connectivity index (χ2n) is 9.74. The van der Waals surface area contributed by atoms with Gasteiger partial charge in [0, 0.05) is 24.7 Å². The van der Waals surface area contributed by atoms with E-state index in [1.165, 1.54) is 24.5 Å². The molecule has 0 unspecified atom stereocenters. The van der Waals surface area contributed by atoms with Crippen LogP contribution in [0.4, 0.5) is 8.78 Å². The highest BCUT2D eigenvalue weighted by atomic mass is 32.1. The van der Waals surface area contributed by atoms with Crippen molar-refractivity contribution in [1.29, 1.82) is 5.26 Å². The van der Waals surface area contributed by atoms with E-state index in [1.807, 2.05) is 0 Å². The lowest BCUT2D eigenvalue weighted by Gasteiger charge is -2.20. The van der Waals surface area contributed by atoms with Crippen LogP contribution in [0.1, 0.15) is 41.5 Å². The average Bonchev–Trinajstić information content (AvgIpc) is 3.60. The lowest BCUT2D eigenvalue weighted by molar-refractivity contribution is 0.0637. The van der Waals surface area contributed by atoms with Gasteiger partial charge in [-0.05, 0) is 42.3 Å². The maximum absolute atomic E-state index is 13.9. The van der Waals surface area contributed by atoms with Crippen molar-refractivity contribution in [2.45, 2.75) is 13.0 Å². The van der Waals surface area contributed by atoms with Gasteiger partial charge in [-0.2, -0.15) is 10.4 Å². The van der Waals surface area contributed by atoms with E-state index in [-0.39, 0.29) is 24.1 Å². The van der Waals surface area contributed by atoms with Crippen molar-refractivity contribution in [3.8, 4) is 22.4 Å². The van der Waals surface area contributed by atoms with E-state index in [4.69, 9.17) is 4.74 Å². The van der Waals surface area contributed by atoms with Gasteiger partial charge in [0.25, 0.3) is 17.7 Å². The van der Waals surface area contributed by atoms with Gasteiger partial charge < -0.3 is 10.1 Å². The third-order valence-corrected chi connectivity index (χ3v) is 8.02. The number of nitrogens with zero attached hydrogens (tertiary/aromatic N) is 4. The molecule has 1 atom stereocenters. The summed E-state index contributed by atoms with van der Waals surface area (Å²) in [5, 5.41) is 16.9. The zero-order chi connectivity index (χ0) is 29.4. The van der Waals surface area contributed by atoms with Crippen LogP contribution in [0.15, 0.2) is 67.0 Å². The number of thiophene rings is 1. The summed E-state index contributed by atoms with van der Waals surface area (Å²) in [5.41, 5.74) is 2.45. The van der Waals surface area contributed by atoms with Gasteiger partial charge in [0.15, 0.2) is 5.06 Å². The first-order valence-corrected chi connectivity index (χ1v) is 13.7. The standard InChI is InChI=1S/C30H21F2N5O4S/c31-20-10-18(11-21(32)12-20)9-17(16-36-28(39)22-3-1-2-4-23(22)29(36)40)5-6-34-27(38)25-13-24-26-19(14-33)15-35-37(26)7-8-41-30(24)42-25/h1-6,10-13,15,17H,7-9,16H2,(H,34,38)/b6-5+/t17-/m0/s1. The summed E-state index contributed by atoms with van der Waals surface area (Å²) < 4.78 is 35.3. The van der Waals surface area contributed by atoms with Crippen LogP contribution in [0.5, 0.6) is 5.06 Å². The van der Waals surface area contributed by atoms with Gasteiger partial charge in [0.2, 0.25) is 0 Å². The number of hydrogen-bond donors (Lipinski definition) is 1. The number of imide groups is 1. The van der Waals surface area contributed by atoms with Crippen LogP contribution in [0.25, 0.3) is 11.3 Å². The number of nitrogens with one attached hydrogen (secondary N) is 1. The van der Waals surface area contributed by atoms with Crippen molar-refractivity contribution in [3.05, 3.63) is 106 Å². The molecular weight excluding hydrogens is 564 g/mol. The first kappa shape index (κ1) is 27.0. The minimum absolute atomic E-state index is 0.0705. The smallest absolute Gasteiger partial charge is 0.265 e. The zero-order valence-corrected chi connectivity index (χ0v) is 22.7. The van der Waals surface area contributed by atoms with Crippen LogP contribution in [0.2, 0.25) is 0 Å². The molecule has 42 heavy (non-hydrogen) atoms. The summed E-state index contributed by atoms with van der Waals surface area (Å²) in [6.45, 7) is 0.722. The molecule has 0 radical (unpaired) electrons. The van der Waals surface area contributed by atoms with Crippen molar-refractivity contribution >= 4 is 29.1 Å². The lowest BCUT2D eigenvalue weighted by Crippen LogP contribution is -2.35. The average molecular weight is 586 g/mol. The molecule has 4 heterocycles. The Morgan fingerprint density at radius 2 is 1.83 bits per heavy atom. The maximum atomic E-state index is 13.9. The van der Waals surface area contributed by atoms with Crippen molar-refractivity contribution in [2.24, 2.45) is 5.92 Å². The van der Waals surface area contributed by atoms with Crippen LogP contribution >= 0.6 is 11.3 Å². The summed E-state index contributed by atoms with van der Waals surface area (Å²) in [5.74, 6) is -3.44. The summed E-state index contributed by atoms with van der Waals surface area (Å²) in [7, 11) is 0. The van der Waals surface area contributed by atoms with Crippen LogP contribution in [-0.2, 0) is 13.0 Å². The Kier molecular flexibility index (Phi) is 7.10. The molecule has 2 aliphatic heterocycles. The van der Waals surface area contributed by atoms with E-state index in [0.29, 0.717) is 45.5 Å². The van der Waals surface area contributed by atoms with E-state index in [2.05, 4.69) is 16.5 Å². The zero-order valence-electron chi connectivity index (χ0n) is 21.8. The van der Waals surface area contributed by atoms with Gasteiger partial charge in [-0.1, -0.05) is 29.5 Å². The van der Waals surface area contributed by atoms with Gasteiger partial charge in [0.05, 0.1) is 45.6 Å². The molecule has 4 aromatic rings. The second kappa shape index (κ2) is 11.0. The number of halogens is 2. The van der Waals surface area contributed by atoms with Gasteiger partial charge in [-0.25, -0.2) is 8.78 Å². The van der Waals surface area contributed by atoms with Gasteiger partial charge in [0.1, 0.15) is 24.3 Å². The van der Waals surface area contributed by atoms with Crippen molar-refractivity contribution < 1.29 is 27.9 Å². The molecule has 0 aliphatic carbocycles. The van der Waals surface area contributed by atoms with Crippen LogP contribution in [-0.4, -0.2) is 45.6 Å². The fraction of sp³-hybridized carbons (Fsp3) is 0.167. The van der Waals surface area contributed by atoms with E-state index >= 15 is 0 Å². The highest BCUT2D eigenvalue weighted by Crippen LogP contribution is 2.41. The Morgan fingerprint density at radius 3 is 2.52 bits per heavy atom. The van der Waals surface area contributed by atoms with E-state index in [0.717, 1.165) is 22.3 Å². The molecule has 6 rings (SSSR count). The van der Waals surface area contributed by atoms with Gasteiger partial charge in [-0.15, -0.1) is 0 Å². The maximum Gasteiger partial charge on any atom is 0.265 e. The topological polar surface area (TPSA) is 117 Å². The normalized spacial score (nSPS) is 14.5. The largest absolute Gasteiger partial charge is 0.481 e. The Balaban J connectivity index is 1.22. The first-order chi connectivity index (χ1) is 20.3. The number of nitriles is 1. The van der Waals surface area contributed by atoms with E-state index in [1.54, 1.807) is 41.1 Å². The van der Waals surface area contributed by atoms with Crippen molar-refractivity contribution in [1.82, 2.24) is 20.0 Å². The number of benzene rings is 2. The molecule has 0 saturated carbocycles. The Bertz CT molecular complexity index is 1770. The highest BCUT2D eigenvalue weighted by Gasteiger charge is 2.36. The second-order valence-corrected chi connectivity index (χ2v) is 10.8. The third-order valence-electron chi connectivity index (χ3n) is 6.97. The number of amides is 3. The molecule has 3 amide bonds. The number of rotatable bonds is 7. The van der Waals surface area contributed by atoms with Crippen LogP contribution in [0, 0.1) is 28.9 Å². The molecule has 9 nitrogen and oxygen atoms in total. The molecule has 12 heteroatoms. The van der Waals surface area contributed by atoms with E-state index < -0.39 is 35.3 Å². The number of aromatic nitrogens is 2. The highest BCUT2D eigenvalue weighted by molar-refractivity contribution is 7.16. The molecule has 0 spiro atoms. The monoisotopic (exact) mass is 585 g/mol. The predicted molar refractivity (Wildman–Crippen MR) is 148 cm³/mol. The first-order valence-electron chi connectivity index (χ1n) is 12.9. The Hall–Kier alpha value is -5.15. The number of carbonyl (C=O) groups excluding carboxylic acids is 3. The third kappa shape index (κ3) is 5.06. The molecule has 0 saturated heterocycles.